The standard InChI is InChI=1S/C23H18N4O4/c28-21(29)14-20(15-7-3-1-4-8-15)25-23-24-19-12-11-17(27(30)31)13-18(19)22(26-23)16-9-5-2-6-10-16/h1-13,20H,14H2,(H,28,29)(H,24,25,26)/p-1/t20-/m0/s1. The highest BCUT2D eigenvalue weighted by atomic mass is 16.6. The number of hydrogen-bond donors (Lipinski definition) is 1. The Kier molecular flexibility index (Phi) is 5.53. The minimum Gasteiger partial charge on any atom is -0.550 e. The van der Waals surface area contributed by atoms with Crippen molar-refractivity contribution in [2.24, 2.45) is 0 Å². The Balaban J connectivity index is 1.83. The van der Waals surface area contributed by atoms with Crippen LogP contribution in [-0.4, -0.2) is 20.9 Å². The van der Waals surface area contributed by atoms with Crippen molar-refractivity contribution in [2.45, 2.75) is 12.5 Å². The van der Waals surface area contributed by atoms with Crippen molar-refractivity contribution < 1.29 is 14.8 Å². The van der Waals surface area contributed by atoms with E-state index < -0.39 is 16.9 Å². The Morgan fingerprint density at radius 1 is 0.968 bits per heavy atom. The molecule has 0 fully saturated rings. The first-order chi connectivity index (χ1) is 15.0. The largest absolute Gasteiger partial charge is 0.550 e. The number of aromatic nitrogens is 2. The molecule has 0 aliphatic heterocycles. The van der Waals surface area contributed by atoms with Gasteiger partial charge in [-0.15, -0.1) is 0 Å². The smallest absolute Gasteiger partial charge is 0.270 e. The molecule has 31 heavy (non-hydrogen) atoms. The summed E-state index contributed by atoms with van der Waals surface area (Å²) in [5.74, 6) is -0.989. The molecule has 154 valence electrons. The van der Waals surface area contributed by atoms with Crippen molar-refractivity contribution in [1.29, 1.82) is 0 Å². The number of anilines is 1. The van der Waals surface area contributed by atoms with Crippen molar-refractivity contribution in [1.82, 2.24) is 9.97 Å². The van der Waals surface area contributed by atoms with Crippen LogP contribution in [0, 0.1) is 10.1 Å². The molecule has 0 aliphatic rings. The van der Waals surface area contributed by atoms with E-state index in [4.69, 9.17) is 0 Å². The van der Waals surface area contributed by atoms with E-state index in [1.807, 2.05) is 60.7 Å². The topological polar surface area (TPSA) is 121 Å². The van der Waals surface area contributed by atoms with Crippen molar-refractivity contribution in [3.63, 3.8) is 0 Å². The minimum absolute atomic E-state index is 0.0619. The molecule has 0 unspecified atom stereocenters. The Bertz CT molecular complexity index is 1250. The number of nitrogens with zero attached hydrogens (tertiary/aromatic N) is 3. The van der Waals surface area contributed by atoms with E-state index in [2.05, 4.69) is 15.3 Å². The van der Waals surface area contributed by atoms with Crippen LogP contribution in [0.1, 0.15) is 18.0 Å². The summed E-state index contributed by atoms with van der Waals surface area (Å²) in [5, 5.41) is 26.2. The molecule has 4 rings (SSSR count). The SMILES string of the molecule is O=C([O-])C[C@H](Nc1nc(-c2ccccc2)c2cc([N+](=O)[O-])ccc2n1)c1ccccc1. The predicted molar refractivity (Wildman–Crippen MR) is 114 cm³/mol. The molecule has 1 N–H and O–H groups in total. The molecule has 0 saturated heterocycles. The maximum atomic E-state index is 11.3. The summed E-state index contributed by atoms with van der Waals surface area (Å²) in [5.41, 5.74) is 2.46. The fourth-order valence-electron chi connectivity index (χ4n) is 3.37. The molecule has 0 spiro atoms. The number of benzene rings is 3. The van der Waals surface area contributed by atoms with Crippen molar-refractivity contribution in [3.8, 4) is 11.3 Å². The highest BCUT2D eigenvalue weighted by Gasteiger charge is 2.17. The van der Waals surface area contributed by atoms with Gasteiger partial charge in [-0.25, -0.2) is 9.97 Å². The second-order valence-corrected chi connectivity index (χ2v) is 6.90. The zero-order valence-electron chi connectivity index (χ0n) is 16.3. The first-order valence-electron chi connectivity index (χ1n) is 9.54. The van der Waals surface area contributed by atoms with Gasteiger partial charge in [-0.3, -0.25) is 10.1 Å². The number of nitrogens with one attached hydrogen (secondary N) is 1. The van der Waals surface area contributed by atoms with Crippen LogP contribution in [0.2, 0.25) is 0 Å². The van der Waals surface area contributed by atoms with E-state index in [-0.39, 0.29) is 18.1 Å². The van der Waals surface area contributed by atoms with E-state index in [1.54, 1.807) is 6.07 Å². The van der Waals surface area contributed by atoms with Crippen molar-refractivity contribution in [3.05, 3.63) is 94.5 Å². The van der Waals surface area contributed by atoms with Gasteiger partial charge in [0.15, 0.2) is 0 Å². The molecule has 1 aromatic heterocycles. The number of nitro groups is 1. The van der Waals surface area contributed by atoms with Crippen molar-refractivity contribution in [2.75, 3.05) is 5.32 Å². The molecule has 0 saturated carbocycles. The number of carbonyl (C=O) groups excluding carboxylic acids is 1. The summed E-state index contributed by atoms with van der Waals surface area (Å²) in [6.45, 7) is 0. The number of hydrogen-bond acceptors (Lipinski definition) is 7. The second-order valence-electron chi connectivity index (χ2n) is 6.90. The number of aliphatic carboxylic acids is 1. The Labute approximate surface area is 177 Å². The molecule has 0 aliphatic carbocycles. The van der Waals surface area contributed by atoms with Crippen LogP contribution < -0.4 is 10.4 Å². The third-order valence-electron chi connectivity index (χ3n) is 4.81. The van der Waals surface area contributed by atoms with Gasteiger partial charge in [0, 0.05) is 35.5 Å². The molecule has 0 bridgehead atoms. The predicted octanol–water partition coefficient (Wildman–Crippen LogP) is 3.50. The fraction of sp³-hybridized carbons (Fsp3) is 0.0870. The van der Waals surface area contributed by atoms with E-state index in [1.165, 1.54) is 12.1 Å². The zero-order chi connectivity index (χ0) is 21.8. The van der Waals surface area contributed by atoms with E-state index in [9.17, 15) is 20.0 Å². The van der Waals surface area contributed by atoms with Crippen molar-refractivity contribution >= 4 is 28.5 Å². The highest BCUT2D eigenvalue weighted by molar-refractivity contribution is 5.94. The highest BCUT2D eigenvalue weighted by Crippen LogP contribution is 2.31. The number of nitro benzene ring substituents is 1. The summed E-state index contributed by atoms with van der Waals surface area (Å²) in [6.07, 6.45) is -0.271. The molecular weight excluding hydrogens is 396 g/mol. The van der Waals surface area contributed by atoms with Gasteiger partial charge in [0.25, 0.3) is 5.69 Å². The summed E-state index contributed by atoms with van der Waals surface area (Å²) in [7, 11) is 0. The average molecular weight is 413 g/mol. The summed E-state index contributed by atoms with van der Waals surface area (Å²) < 4.78 is 0. The summed E-state index contributed by atoms with van der Waals surface area (Å²) >= 11 is 0. The van der Waals surface area contributed by atoms with Crippen LogP contribution >= 0.6 is 0 Å². The first kappa shape index (κ1) is 20.0. The quantitative estimate of drug-likeness (QED) is 0.363. The van der Waals surface area contributed by atoms with Gasteiger partial charge in [-0.05, 0) is 11.6 Å². The Hall–Kier alpha value is -4.33. The lowest BCUT2D eigenvalue weighted by atomic mass is 10.0. The van der Waals surface area contributed by atoms with Gasteiger partial charge in [-0.1, -0.05) is 60.7 Å². The number of fused-ring (bicyclic) bond motifs is 1. The summed E-state index contributed by atoms with van der Waals surface area (Å²) in [6, 6.07) is 22.1. The lowest BCUT2D eigenvalue weighted by Crippen LogP contribution is -2.27. The molecule has 1 heterocycles. The van der Waals surface area contributed by atoms with Gasteiger partial charge in [0.1, 0.15) is 0 Å². The summed E-state index contributed by atoms with van der Waals surface area (Å²) in [4.78, 5) is 31.2. The normalized spacial score (nSPS) is 11.7. The van der Waals surface area contributed by atoms with Crippen LogP contribution in [0.4, 0.5) is 11.6 Å². The molecular formula is C23H17N4O4-. The van der Waals surface area contributed by atoms with Gasteiger partial charge < -0.3 is 15.2 Å². The zero-order valence-corrected chi connectivity index (χ0v) is 16.3. The van der Waals surface area contributed by atoms with Gasteiger partial charge in [0.2, 0.25) is 5.95 Å². The average Bonchev–Trinajstić information content (AvgIpc) is 2.78. The number of carboxylic acids is 1. The van der Waals surface area contributed by atoms with E-state index >= 15 is 0 Å². The van der Waals surface area contributed by atoms with Crippen LogP contribution in [0.5, 0.6) is 0 Å². The maximum absolute atomic E-state index is 11.3. The van der Waals surface area contributed by atoms with Gasteiger partial charge >= 0.3 is 0 Å². The first-order valence-corrected chi connectivity index (χ1v) is 9.54. The minimum atomic E-state index is -1.21. The number of rotatable bonds is 7. The second kappa shape index (κ2) is 8.58. The van der Waals surface area contributed by atoms with E-state index in [0.29, 0.717) is 16.6 Å². The van der Waals surface area contributed by atoms with Crippen LogP contribution in [0.25, 0.3) is 22.2 Å². The third-order valence-corrected chi connectivity index (χ3v) is 4.81. The molecule has 1 atom stereocenters. The molecule has 8 nitrogen and oxygen atoms in total. The van der Waals surface area contributed by atoms with Gasteiger partial charge in [0.05, 0.1) is 22.2 Å². The molecule has 3 aromatic carbocycles. The molecule has 0 amide bonds. The van der Waals surface area contributed by atoms with Gasteiger partial charge in [-0.2, -0.15) is 0 Å². The molecule has 4 aromatic rings. The molecule has 0 radical (unpaired) electrons. The van der Waals surface area contributed by atoms with E-state index in [0.717, 1.165) is 11.1 Å². The Morgan fingerprint density at radius 3 is 2.29 bits per heavy atom. The molecule has 8 heteroatoms. The maximum Gasteiger partial charge on any atom is 0.270 e. The Morgan fingerprint density at radius 2 is 1.65 bits per heavy atom. The number of carbonyl (C=O) groups is 1. The lowest BCUT2D eigenvalue weighted by Gasteiger charge is -2.20. The van der Waals surface area contributed by atoms with Crippen LogP contribution in [-0.2, 0) is 4.79 Å². The monoisotopic (exact) mass is 413 g/mol. The van der Waals surface area contributed by atoms with Crippen LogP contribution in [0.3, 0.4) is 0 Å². The van der Waals surface area contributed by atoms with Crippen LogP contribution in [0.15, 0.2) is 78.9 Å². The number of non-ortho nitro benzene ring substituents is 1. The third kappa shape index (κ3) is 4.48. The number of carboxylic acid groups (broad SMARTS) is 1. The fourth-order valence-corrected chi connectivity index (χ4v) is 3.37. The lowest BCUT2D eigenvalue weighted by molar-refractivity contribution is -0.384.